The van der Waals surface area contributed by atoms with Gasteiger partial charge in [-0.05, 0) is 25.0 Å². The van der Waals surface area contributed by atoms with Crippen molar-refractivity contribution in [1.82, 2.24) is 0 Å². The van der Waals surface area contributed by atoms with Gasteiger partial charge in [0.25, 0.3) is 0 Å². The first kappa shape index (κ1) is 13.7. The van der Waals surface area contributed by atoms with Crippen LogP contribution >= 0.6 is 11.6 Å². The van der Waals surface area contributed by atoms with Gasteiger partial charge in [-0.2, -0.15) is 0 Å². The lowest BCUT2D eigenvalue weighted by Gasteiger charge is -2.34. The molecule has 1 fully saturated rings. The molecule has 4 rings (SSSR count). The van der Waals surface area contributed by atoms with Crippen molar-refractivity contribution in [3.05, 3.63) is 35.2 Å². The van der Waals surface area contributed by atoms with Gasteiger partial charge in [-0.1, -0.05) is 30.9 Å². The zero-order chi connectivity index (χ0) is 15.3. The molecule has 0 unspecified atom stereocenters. The van der Waals surface area contributed by atoms with Gasteiger partial charge in [-0.25, -0.2) is 0 Å². The molecule has 1 N–H and O–H groups in total. The smallest absolute Gasteiger partial charge is 0.314 e. The highest BCUT2D eigenvalue weighted by atomic mass is 35.5. The van der Waals surface area contributed by atoms with Crippen molar-refractivity contribution in [1.29, 1.82) is 0 Å². The fourth-order valence-corrected chi connectivity index (χ4v) is 4.09. The summed E-state index contributed by atoms with van der Waals surface area (Å²) in [5.41, 5.74) is 0.897. The van der Waals surface area contributed by atoms with E-state index in [1.54, 1.807) is 24.7 Å². The molecule has 3 aromatic rings. The molecule has 0 radical (unpaired) electrons. The number of carboxylic acids is 1. The topological polar surface area (TPSA) is 63.6 Å². The van der Waals surface area contributed by atoms with Crippen LogP contribution in [0.2, 0.25) is 5.02 Å². The van der Waals surface area contributed by atoms with Crippen molar-refractivity contribution in [3.8, 4) is 0 Å². The third kappa shape index (κ3) is 1.67. The molecule has 1 aromatic carbocycles. The normalized spacial score (nSPS) is 18.0. The molecule has 0 saturated heterocycles. The van der Waals surface area contributed by atoms with E-state index in [9.17, 15) is 9.90 Å². The summed E-state index contributed by atoms with van der Waals surface area (Å²) in [7, 11) is 0. The van der Waals surface area contributed by atoms with Crippen LogP contribution in [0, 0.1) is 0 Å². The number of hydrogen-bond donors (Lipinski definition) is 1. The van der Waals surface area contributed by atoms with E-state index < -0.39 is 11.4 Å². The minimum absolute atomic E-state index is 0.476. The van der Waals surface area contributed by atoms with Crippen LogP contribution < -0.4 is 0 Å². The van der Waals surface area contributed by atoms with Gasteiger partial charge in [-0.3, -0.25) is 4.79 Å². The van der Waals surface area contributed by atoms with Crippen LogP contribution in [0.25, 0.3) is 21.9 Å². The van der Waals surface area contributed by atoms with Gasteiger partial charge in [0.05, 0.1) is 23.0 Å². The predicted molar refractivity (Wildman–Crippen MR) is 83.4 cm³/mol. The van der Waals surface area contributed by atoms with E-state index in [0.29, 0.717) is 40.0 Å². The van der Waals surface area contributed by atoms with Gasteiger partial charge in [0.2, 0.25) is 0 Å². The monoisotopic (exact) mass is 318 g/mol. The molecule has 0 amide bonds. The molecule has 22 heavy (non-hydrogen) atoms. The molecule has 0 bridgehead atoms. The van der Waals surface area contributed by atoms with E-state index in [1.807, 2.05) is 0 Å². The van der Waals surface area contributed by atoms with E-state index in [2.05, 4.69) is 0 Å². The molecule has 2 heterocycles. The summed E-state index contributed by atoms with van der Waals surface area (Å²) in [6.45, 7) is 0. The highest BCUT2D eigenvalue weighted by molar-refractivity contribution is 6.40. The van der Waals surface area contributed by atoms with E-state index in [0.717, 1.165) is 24.6 Å². The van der Waals surface area contributed by atoms with Crippen molar-refractivity contribution >= 4 is 39.5 Å². The van der Waals surface area contributed by atoms with Gasteiger partial charge in [0.15, 0.2) is 5.58 Å². The average Bonchev–Trinajstić information content (AvgIpc) is 3.17. The maximum Gasteiger partial charge on any atom is 0.314 e. The summed E-state index contributed by atoms with van der Waals surface area (Å²) in [4.78, 5) is 12.2. The highest BCUT2D eigenvalue weighted by Crippen LogP contribution is 2.48. The van der Waals surface area contributed by atoms with Crippen molar-refractivity contribution in [2.75, 3.05) is 0 Å². The molecule has 1 aliphatic carbocycles. The van der Waals surface area contributed by atoms with Crippen LogP contribution in [0.4, 0.5) is 0 Å². The summed E-state index contributed by atoms with van der Waals surface area (Å²) in [5, 5.41) is 11.9. The van der Waals surface area contributed by atoms with Crippen molar-refractivity contribution < 1.29 is 18.7 Å². The Bertz CT molecular complexity index is 816. The molecule has 114 valence electrons. The summed E-state index contributed by atoms with van der Waals surface area (Å²) in [6.07, 6.45) is 7.19. The standard InChI is InChI=1S/C17H15ClO4/c18-13-11-5-9-21-14(11)12(10-4-8-22-15(10)13)17(16(19)20)6-2-1-3-7-17/h4-5,8-9H,1-3,6-7H2,(H,19,20). The average molecular weight is 319 g/mol. The van der Waals surface area contributed by atoms with E-state index >= 15 is 0 Å². The molecule has 2 aromatic heterocycles. The lowest BCUT2D eigenvalue weighted by molar-refractivity contribution is -0.145. The molecule has 0 aliphatic heterocycles. The number of aliphatic carboxylic acids is 1. The summed E-state index contributed by atoms with van der Waals surface area (Å²) in [6, 6.07) is 3.55. The largest absolute Gasteiger partial charge is 0.481 e. The lowest BCUT2D eigenvalue weighted by atomic mass is 9.68. The van der Waals surface area contributed by atoms with Crippen LogP contribution in [-0.4, -0.2) is 11.1 Å². The number of rotatable bonds is 2. The molecular formula is C17H15ClO4. The Hall–Kier alpha value is -1.94. The van der Waals surface area contributed by atoms with Crippen LogP contribution in [0.5, 0.6) is 0 Å². The Morgan fingerprint density at radius 2 is 1.68 bits per heavy atom. The fraction of sp³-hybridized carbons (Fsp3) is 0.353. The van der Waals surface area contributed by atoms with Gasteiger partial charge in [-0.15, -0.1) is 0 Å². The van der Waals surface area contributed by atoms with Crippen molar-refractivity contribution in [2.45, 2.75) is 37.5 Å². The number of fused-ring (bicyclic) bond motifs is 2. The quantitative estimate of drug-likeness (QED) is 0.712. The molecule has 0 atom stereocenters. The maximum absolute atomic E-state index is 12.2. The number of hydrogen-bond acceptors (Lipinski definition) is 3. The van der Waals surface area contributed by atoms with Gasteiger partial charge in [0.1, 0.15) is 5.58 Å². The number of carboxylic acid groups (broad SMARTS) is 1. The fourth-order valence-electron chi connectivity index (χ4n) is 3.80. The first-order valence-corrected chi connectivity index (χ1v) is 7.83. The third-order valence-electron chi connectivity index (χ3n) is 4.86. The summed E-state index contributed by atoms with van der Waals surface area (Å²) < 4.78 is 11.2. The zero-order valence-electron chi connectivity index (χ0n) is 11.9. The molecular weight excluding hydrogens is 304 g/mol. The Kier molecular flexibility index (Phi) is 2.98. The van der Waals surface area contributed by atoms with Crippen LogP contribution in [0.1, 0.15) is 37.7 Å². The van der Waals surface area contributed by atoms with Gasteiger partial charge >= 0.3 is 5.97 Å². The van der Waals surface area contributed by atoms with E-state index in [4.69, 9.17) is 20.4 Å². The molecule has 1 saturated carbocycles. The second-order valence-electron chi connectivity index (χ2n) is 5.96. The lowest BCUT2D eigenvalue weighted by Crippen LogP contribution is -2.38. The maximum atomic E-state index is 12.2. The molecule has 4 nitrogen and oxygen atoms in total. The second-order valence-corrected chi connectivity index (χ2v) is 6.34. The molecule has 1 aliphatic rings. The van der Waals surface area contributed by atoms with Crippen LogP contribution in [-0.2, 0) is 10.2 Å². The summed E-state index contributed by atoms with van der Waals surface area (Å²) in [5.74, 6) is -0.797. The Balaban J connectivity index is 2.15. The van der Waals surface area contributed by atoms with E-state index in [1.165, 1.54) is 0 Å². The highest BCUT2D eigenvalue weighted by Gasteiger charge is 2.45. The number of halogens is 1. The van der Waals surface area contributed by atoms with Gasteiger partial charge in [0, 0.05) is 16.3 Å². The van der Waals surface area contributed by atoms with Gasteiger partial charge < -0.3 is 13.9 Å². The van der Waals surface area contributed by atoms with Crippen molar-refractivity contribution in [2.24, 2.45) is 0 Å². The first-order valence-electron chi connectivity index (χ1n) is 7.45. The van der Waals surface area contributed by atoms with E-state index in [-0.39, 0.29) is 0 Å². The minimum Gasteiger partial charge on any atom is -0.481 e. The Morgan fingerprint density at radius 3 is 2.36 bits per heavy atom. The summed E-state index contributed by atoms with van der Waals surface area (Å²) >= 11 is 6.39. The Labute approximate surface area is 131 Å². The van der Waals surface area contributed by atoms with Crippen LogP contribution in [0.15, 0.2) is 33.5 Å². The molecule has 0 spiro atoms. The van der Waals surface area contributed by atoms with Crippen molar-refractivity contribution in [3.63, 3.8) is 0 Å². The van der Waals surface area contributed by atoms with Crippen LogP contribution in [0.3, 0.4) is 0 Å². The number of benzene rings is 1. The number of furan rings is 2. The molecule has 5 heteroatoms. The first-order chi connectivity index (χ1) is 10.6. The number of carbonyl (C=O) groups is 1. The third-order valence-corrected chi connectivity index (χ3v) is 5.23. The second kappa shape index (κ2) is 4.78. The Morgan fingerprint density at radius 1 is 1.05 bits per heavy atom. The zero-order valence-corrected chi connectivity index (χ0v) is 12.7. The SMILES string of the molecule is O=C(O)C1(c2c3ccoc3c(Cl)c3ccoc23)CCCCC1. The predicted octanol–water partition coefficient (Wildman–Crippen LogP) is 5.12. The minimum atomic E-state index is -0.929.